The monoisotopic (exact) mass is 409 g/mol. The van der Waals surface area contributed by atoms with Gasteiger partial charge < -0.3 is 9.80 Å². The molecule has 0 bridgehead atoms. The molecule has 3 heterocycles. The van der Waals surface area contributed by atoms with Crippen LogP contribution in [0.1, 0.15) is 40.7 Å². The fourth-order valence-electron chi connectivity index (χ4n) is 4.63. The van der Waals surface area contributed by atoms with Crippen LogP contribution in [0.2, 0.25) is 0 Å². The van der Waals surface area contributed by atoms with Gasteiger partial charge in [-0.05, 0) is 67.9 Å². The van der Waals surface area contributed by atoms with Gasteiger partial charge in [0.25, 0.3) is 5.91 Å². The minimum Gasteiger partial charge on any atom is -0.342 e. The van der Waals surface area contributed by atoms with Crippen molar-refractivity contribution in [3.8, 4) is 0 Å². The standard InChI is InChI=1S/C24H28FN3O2/c1-17-14-18(2-3-22(17)25)15-19-6-11-28(16-19)24(30)21-7-12-27(13-8-21)23(29)20-4-9-26-10-5-20/h2-5,9-10,14,19,21H,6-8,11-13,15-16H2,1H3. The van der Waals surface area contributed by atoms with Gasteiger partial charge in [0.1, 0.15) is 5.82 Å². The summed E-state index contributed by atoms with van der Waals surface area (Å²) in [5, 5.41) is 0. The number of carbonyl (C=O) groups is 2. The average Bonchev–Trinajstić information content (AvgIpc) is 3.24. The Kier molecular flexibility index (Phi) is 6.11. The van der Waals surface area contributed by atoms with Crippen LogP contribution in [0.3, 0.4) is 0 Å². The van der Waals surface area contributed by atoms with Crippen molar-refractivity contribution in [1.82, 2.24) is 14.8 Å². The van der Waals surface area contributed by atoms with E-state index in [1.165, 1.54) is 6.07 Å². The maximum Gasteiger partial charge on any atom is 0.253 e. The van der Waals surface area contributed by atoms with Crippen molar-refractivity contribution in [3.05, 3.63) is 65.2 Å². The maximum atomic E-state index is 13.5. The first-order valence-electron chi connectivity index (χ1n) is 10.7. The zero-order valence-electron chi connectivity index (χ0n) is 17.4. The summed E-state index contributed by atoms with van der Waals surface area (Å²) in [6.45, 7) is 4.58. The number of aromatic nitrogens is 1. The number of amides is 2. The number of nitrogens with zero attached hydrogens (tertiary/aromatic N) is 3. The molecule has 0 aliphatic carbocycles. The minimum absolute atomic E-state index is 0.00157. The summed E-state index contributed by atoms with van der Waals surface area (Å²) in [6.07, 6.45) is 6.55. The number of pyridine rings is 1. The van der Waals surface area contributed by atoms with E-state index in [1.54, 1.807) is 31.5 Å². The molecule has 2 aliphatic rings. The normalized spacial score (nSPS) is 19.9. The Morgan fingerprint density at radius 2 is 1.73 bits per heavy atom. The highest BCUT2D eigenvalue weighted by atomic mass is 19.1. The van der Waals surface area contributed by atoms with Gasteiger partial charge in [-0.25, -0.2) is 4.39 Å². The maximum absolute atomic E-state index is 13.5. The highest BCUT2D eigenvalue weighted by Gasteiger charge is 2.34. The highest BCUT2D eigenvalue weighted by molar-refractivity contribution is 5.94. The van der Waals surface area contributed by atoms with Crippen LogP contribution in [0.15, 0.2) is 42.7 Å². The van der Waals surface area contributed by atoms with Gasteiger partial charge in [0.2, 0.25) is 5.91 Å². The molecule has 6 heteroatoms. The number of rotatable bonds is 4. The zero-order chi connectivity index (χ0) is 21.1. The molecule has 2 fully saturated rings. The van der Waals surface area contributed by atoms with Crippen LogP contribution < -0.4 is 0 Å². The smallest absolute Gasteiger partial charge is 0.253 e. The molecule has 30 heavy (non-hydrogen) atoms. The third-order valence-electron chi connectivity index (χ3n) is 6.40. The van der Waals surface area contributed by atoms with Crippen molar-refractivity contribution in [2.45, 2.75) is 32.6 Å². The quantitative estimate of drug-likeness (QED) is 0.777. The van der Waals surface area contributed by atoms with Crippen LogP contribution in [0, 0.1) is 24.6 Å². The van der Waals surface area contributed by atoms with E-state index in [-0.39, 0.29) is 23.5 Å². The van der Waals surface area contributed by atoms with Crippen molar-refractivity contribution < 1.29 is 14.0 Å². The second-order valence-corrected chi connectivity index (χ2v) is 8.53. The number of benzene rings is 1. The summed E-state index contributed by atoms with van der Waals surface area (Å²) in [5.74, 6) is 0.490. The lowest BCUT2D eigenvalue weighted by Crippen LogP contribution is -2.44. The van der Waals surface area contributed by atoms with Gasteiger partial charge in [0.15, 0.2) is 0 Å². The SMILES string of the molecule is Cc1cc(CC2CCN(C(=O)C3CCN(C(=O)c4ccncc4)CC3)C2)ccc1F. The van der Waals surface area contributed by atoms with Crippen LogP contribution in [-0.4, -0.2) is 52.8 Å². The number of hydrogen-bond acceptors (Lipinski definition) is 3. The molecule has 1 atom stereocenters. The predicted octanol–water partition coefficient (Wildman–Crippen LogP) is 3.47. The first kappa shape index (κ1) is 20.5. The van der Waals surface area contributed by atoms with Gasteiger partial charge in [0, 0.05) is 50.1 Å². The Labute approximate surface area is 176 Å². The molecule has 2 saturated heterocycles. The van der Waals surface area contributed by atoms with E-state index in [4.69, 9.17) is 0 Å². The Morgan fingerprint density at radius 3 is 2.43 bits per heavy atom. The van der Waals surface area contributed by atoms with E-state index in [0.29, 0.717) is 43.0 Å². The summed E-state index contributed by atoms with van der Waals surface area (Å²) >= 11 is 0. The molecule has 0 N–H and O–H groups in total. The summed E-state index contributed by atoms with van der Waals surface area (Å²) in [5.41, 5.74) is 2.45. The van der Waals surface area contributed by atoms with Gasteiger partial charge in [-0.1, -0.05) is 12.1 Å². The fraction of sp³-hybridized carbons (Fsp3) is 0.458. The first-order valence-corrected chi connectivity index (χ1v) is 10.7. The molecule has 2 aromatic rings. The predicted molar refractivity (Wildman–Crippen MR) is 112 cm³/mol. The van der Waals surface area contributed by atoms with E-state index in [9.17, 15) is 14.0 Å². The van der Waals surface area contributed by atoms with Crippen molar-refractivity contribution in [1.29, 1.82) is 0 Å². The molecule has 2 aliphatic heterocycles. The van der Waals surface area contributed by atoms with E-state index in [1.807, 2.05) is 21.9 Å². The van der Waals surface area contributed by atoms with Gasteiger partial charge in [0.05, 0.1) is 0 Å². The zero-order valence-corrected chi connectivity index (χ0v) is 17.4. The number of carbonyl (C=O) groups excluding carboxylic acids is 2. The second-order valence-electron chi connectivity index (χ2n) is 8.53. The van der Waals surface area contributed by atoms with Crippen LogP contribution in [0.5, 0.6) is 0 Å². The van der Waals surface area contributed by atoms with E-state index < -0.39 is 0 Å². The largest absolute Gasteiger partial charge is 0.342 e. The van der Waals surface area contributed by atoms with E-state index in [2.05, 4.69) is 4.98 Å². The van der Waals surface area contributed by atoms with Crippen LogP contribution >= 0.6 is 0 Å². The highest BCUT2D eigenvalue weighted by Crippen LogP contribution is 2.27. The van der Waals surface area contributed by atoms with E-state index in [0.717, 1.165) is 31.5 Å². The van der Waals surface area contributed by atoms with Crippen LogP contribution in [0.4, 0.5) is 4.39 Å². The van der Waals surface area contributed by atoms with Gasteiger partial charge in [-0.2, -0.15) is 0 Å². The molecule has 1 unspecified atom stereocenters. The van der Waals surface area contributed by atoms with Gasteiger partial charge in [-0.15, -0.1) is 0 Å². The summed E-state index contributed by atoms with van der Waals surface area (Å²) in [7, 11) is 0. The molecular formula is C24H28FN3O2. The van der Waals surface area contributed by atoms with Crippen molar-refractivity contribution >= 4 is 11.8 Å². The van der Waals surface area contributed by atoms with Crippen molar-refractivity contribution in [3.63, 3.8) is 0 Å². The van der Waals surface area contributed by atoms with Crippen LogP contribution in [0.25, 0.3) is 0 Å². The van der Waals surface area contributed by atoms with Crippen LogP contribution in [-0.2, 0) is 11.2 Å². The molecule has 0 radical (unpaired) electrons. The molecule has 1 aromatic heterocycles. The van der Waals surface area contributed by atoms with Gasteiger partial charge in [-0.3, -0.25) is 14.6 Å². The Balaban J connectivity index is 1.27. The minimum atomic E-state index is -0.171. The number of halogens is 1. The molecule has 2 amide bonds. The lowest BCUT2D eigenvalue weighted by Gasteiger charge is -2.33. The number of aryl methyl sites for hydroxylation is 1. The molecule has 4 rings (SSSR count). The molecule has 5 nitrogen and oxygen atoms in total. The van der Waals surface area contributed by atoms with Crippen molar-refractivity contribution in [2.75, 3.05) is 26.2 Å². The molecule has 158 valence electrons. The third kappa shape index (κ3) is 4.53. The van der Waals surface area contributed by atoms with E-state index >= 15 is 0 Å². The summed E-state index contributed by atoms with van der Waals surface area (Å²) in [6, 6.07) is 8.75. The fourth-order valence-corrected chi connectivity index (χ4v) is 4.63. The lowest BCUT2D eigenvalue weighted by molar-refractivity contribution is -0.136. The average molecular weight is 410 g/mol. The molecule has 0 saturated carbocycles. The first-order chi connectivity index (χ1) is 14.5. The number of likely N-dealkylation sites (tertiary alicyclic amines) is 2. The lowest BCUT2D eigenvalue weighted by atomic mass is 9.94. The number of hydrogen-bond donors (Lipinski definition) is 0. The Morgan fingerprint density at radius 1 is 1.03 bits per heavy atom. The number of piperidine rings is 1. The second kappa shape index (κ2) is 8.94. The Hall–Kier alpha value is -2.76. The summed E-state index contributed by atoms with van der Waals surface area (Å²) in [4.78, 5) is 33.4. The molecular weight excluding hydrogens is 381 g/mol. The summed E-state index contributed by atoms with van der Waals surface area (Å²) < 4.78 is 13.5. The molecule has 0 spiro atoms. The topological polar surface area (TPSA) is 53.5 Å². The third-order valence-corrected chi connectivity index (χ3v) is 6.40. The molecule has 1 aromatic carbocycles. The Bertz CT molecular complexity index is 910. The van der Waals surface area contributed by atoms with Gasteiger partial charge >= 0.3 is 0 Å². The van der Waals surface area contributed by atoms with Crippen molar-refractivity contribution in [2.24, 2.45) is 11.8 Å².